The van der Waals surface area contributed by atoms with Gasteiger partial charge in [0.2, 0.25) is 0 Å². The van der Waals surface area contributed by atoms with Gasteiger partial charge in [-0.1, -0.05) is 12.8 Å². The molecule has 2 amide bonds. The third kappa shape index (κ3) is 4.76. The summed E-state index contributed by atoms with van der Waals surface area (Å²) in [6, 6.07) is 0.488. The molecule has 0 aromatic heterocycles. The van der Waals surface area contributed by atoms with Crippen LogP contribution in [-0.4, -0.2) is 18.1 Å². The molecule has 1 unspecified atom stereocenters. The molecule has 1 fully saturated rings. The van der Waals surface area contributed by atoms with Gasteiger partial charge >= 0.3 is 6.03 Å². The minimum Gasteiger partial charge on any atom is -0.336 e. The molecule has 0 bridgehead atoms. The van der Waals surface area contributed by atoms with Gasteiger partial charge in [0.25, 0.3) is 0 Å². The highest BCUT2D eigenvalue weighted by Gasteiger charge is 2.24. The zero-order chi connectivity index (χ0) is 9.84. The van der Waals surface area contributed by atoms with Gasteiger partial charge in [0.15, 0.2) is 0 Å². The Morgan fingerprint density at radius 1 is 1.31 bits per heavy atom. The van der Waals surface area contributed by atoms with E-state index in [1.165, 1.54) is 12.8 Å². The Hall–Kier alpha value is -0.730. The first kappa shape index (κ1) is 10.4. The van der Waals surface area contributed by atoms with Crippen LogP contribution in [0.2, 0.25) is 0 Å². The van der Waals surface area contributed by atoms with Crippen molar-refractivity contribution in [3.8, 4) is 0 Å². The van der Waals surface area contributed by atoms with E-state index in [1.54, 1.807) is 0 Å². The van der Waals surface area contributed by atoms with Crippen LogP contribution >= 0.6 is 0 Å². The standard InChI is InChI=1S/C10H20N2O/c1-7(2)11-10(13)12-8(3)6-9-4-5-9/h7-9H,4-6H2,1-3H3,(H2,11,12,13). The van der Waals surface area contributed by atoms with E-state index in [9.17, 15) is 4.79 Å². The number of urea groups is 1. The second-order valence-electron chi connectivity index (χ2n) is 4.35. The lowest BCUT2D eigenvalue weighted by molar-refractivity contribution is 0.234. The predicted molar refractivity (Wildman–Crippen MR) is 53.6 cm³/mol. The third-order valence-electron chi connectivity index (χ3n) is 2.18. The van der Waals surface area contributed by atoms with Crippen molar-refractivity contribution in [3.05, 3.63) is 0 Å². The number of amides is 2. The Labute approximate surface area is 80.3 Å². The Bertz CT molecular complexity index is 176. The van der Waals surface area contributed by atoms with Crippen molar-refractivity contribution in [2.24, 2.45) is 5.92 Å². The molecule has 13 heavy (non-hydrogen) atoms. The van der Waals surface area contributed by atoms with Crippen LogP contribution < -0.4 is 10.6 Å². The lowest BCUT2D eigenvalue weighted by Gasteiger charge is -2.15. The molecule has 0 spiro atoms. The SMILES string of the molecule is CC(C)NC(=O)NC(C)CC1CC1. The van der Waals surface area contributed by atoms with Crippen molar-refractivity contribution in [1.29, 1.82) is 0 Å². The largest absolute Gasteiger partial charge is 0.336 e. The van der Waals surface area contributed by atoms with Crippen LogP contribution in [0.1, 0.15) is 40.0 Å². The molecule has 2 N–H and O–H groups in total. The summed E-state index contributed by atoms with van der Waals surface area (Å²) in [7, 11) is 0. The smallest absolute Gasteiger partial charge is 0.315 e. The molecule has 3 nitrogen and oxygen atoms in total. The highest BCUT2D eigenvalue weighted by Crippen LogP contribution is 2.33. The summed E-state index contributed by atoms with van der Waals surface area (Å²) >= 11 is 0. The lowest BCUT2D eigenvalue weighted by atomic mass is 10.2. The summed E-state index contributed by atoms with van der Waals surface area (Å²) in [5, 5.41) is 5.75. The van der Waals surface area contributed by atoms with Crippen LogP contribution in [0.25, 0.3) is 0 Å². The first-order valence-electron chi connectivity index (χ1n) is 5.15. The summed E-state index contributed by atoms with van der Waals surface area (Å²) in [4.78, 5) is 11.2. The highest BCUT2D eigenvalue weighted by molar-refractivity contribution is 5.74. The summed E-state index contributed by atoms with van der Waals surface area (Å²) in [5.41, 5.74) is 0. The molecular formula is C10H20N2O. The van der Waals surface area contributed by atoms with E-state index in [-0.39, 0.29) is 12.1 Å². The van der Waals surface area contributed by atoms with Gasteiger partial charge < -0.3 is 10.6 Å². The molecular weight excluding hydrogens is 164 g/mol. The van der Waals surface area contributed by atoms with Crippen molar-refractivity contribution in [2.45, 2.75) is 52.1 Å². The Morgan fingerprint density at radius 2 is 1.92 bits per heavy atom. The van der Waals surface area contributed by atoms with Crippen LogP contribution in [-0.2, 0) is 0 Å². The maximum Gasteiger partial charge on any atom is 0.315 e. The van der Waals surface area contributed by atoms with Gasteiger partial charge in [-0.25, -0.2) is 4.79 Å². The Morgan fingerprint density at radius 3 is 2.38 bits per heavy atom. The molecule has 76 valence electrons. The topological polar surface area (TPSA) is 41.1 Å². The van der Waals surface area contributed by atoms with Gasteiger partial charge in [-0.05, 0) is 33.1 Å². The molecule has 0 aromatic rings. The van der Waals surface area contributed by atoms with Gasteiger partial charge in [0.05, 0.1) is 0 Å². The van der Waals surface area contributed by atoms with Gasteiger partial charge in [0, 0.05) is 12.1 Å². The Balaban J connectivity index is 2.10. The van der Waals surface area contributed by atoms with Gasteiger partial charge in [-0.3, -0.25) is 0 Å². The maximum absolute atomic E-state index is 11.2. The summed E-state index contributed by atoms with van der Waals surface area (Å²) in [6.07, 6.45) is 3.82. The van der Waals surface area contributed by atoms with Crippen LogP contribution in [0.3, 0.4) is 0 Å². The minimum absolute atomic E-state index is 0.0387. The average molecular weight is 184 g/mol. The monoisotopic (exact) mass is 184 g/mol. The van der Waals surface area contributed by atoms with Crippen molar-refractivity contribution in [1.82, 2.24) is 10.6 Å². The van der Waals surface area contributed by atoms with Crippen molar-refractivity contribution in [3.63, 3.8) is 0 Å². The number of hydrogen-bond acceptors (Lipinski definition) is 1. The van der Waals surface area contributed by atoms with E-state index in [0.717, 1.165) is 12.3 Å². The van der Waals surface area contributed by atoms with E-state index in [0.29, 0.717) is 6.04 Å². The first-order valence-corrected chi connectivity index (χ1v) is 5.15. The molecule has 1 saturated carbocycles. The summed E-state index contributed by atoms with van der Waals surface area (Å²) in [6.45, 7) is 5.99. The second kappa shape index (κ2) is 4.49. The molecule has 1 rings (SSSR count). The highest BCUT2D eigenvalue weighted by atomic mass is 16.2. The normalized spacial score (nSPS) is 18.5. The zero-order valence-electron chi connectivity index (χ0n) is 8.76. The van der Waals surface area contributed by atoms with Crippen LogP contribution in [0, 0.1) is 5.92 Å². The first-order chi connectivity index (χ1) is 6.08. The second-order valence-corrected chi connectivity index (χ2v) is 4.35. The molecule has 1 aliphatic carbocycles. The van der Waals surface area contributed by atoms with E-state index in [4.69, 9.17) is 0 Å². The third-order valence-corrected chi connectivity index (χ3v) is 2.18. The van der Waals surface area contributed by atoms with Crippen molar-refractivity contribution in [2.75, 3.05) is 0 Å². The number of rotatable bonds is 4. The molecule has 1 atom stereocenters. The number of carbonyl (C=O) groups excluding carboxylic acids is 1. The fraction of sp³-hybridized carbons (Fsp3) is 0.900. The fourth-order valence-electron chi connectivity index (χ4n) is 1.44. The zero-order valence-corrected chi connectivity index (χ0v) is 8.76. The molecule has 0 aromatic carbocycles. The van der Waals surface area contributed by atoms with Crippen LogP contribution in [0.5, 0.6) is 0 Å². The van der Waals surface area contributed by atoms with E-state index in [2.05, 4.69) is 17.6 Å². The molecule has 0 aliphatic heterocycles. The lowest BCUT2D eigenvalue weighted by Crippen LogP contribution is -2.43. The van der Waals surface area contributed by atoms with E-state index in [1.807, 2.05) is 13.8 Å². The summed E-state index contributed by atoms with van der Waals surface area (Å²) in [5.74, 6) is 0.870. The summed E-state index contributed by atoms with van der Waals surface area (Å²) < 4.78 is 0. The molecule has 3 heteroatoms. The molecule has 0 saturated heterocycles. The number of carbonyl (C=O) groups is 1. The number of hydrogen-bond donors (Lipinski definition) is 2. The van der Waals surface area contributed by atoms with Crippen LogP contribution in [0.4, 0.5) is 4.79 Å². The fourth-order valence-corrected chi connectivity index (χ4v) is 1.44. The van der Waals surface area contributed by atoms with Crippen LogP contribution in [0.15, 0.2) is 0 Å². The van der Waals surface area contributed by atoms with Gasteiger partial charge in [0.1, 0.15) is 0 Å². The maximum atomic E-state index is 11.2. The Kier molecular flexibility index (Phi) is 3.58. The minimum atomic E-state index is -0.0387. The van der Waals surface area contributed by atoms with Crippen molar-refractivity contribution >= 4 is 6.03 Å². The molecule has 0 radical (unpaired) electrons. The predicted octanol–water partition coefficient (Wildman–Crippen LogP) is 1.88. The van der Waals surface area contributed by atoms with Gasteiger partial charge in [-0.2, -0.15) is 0 Å². The van der Waals surface area contributed by atoms with E-state index < -0.39 is 0 Å². The van der Waals surface area contributed by atoms with Gasteiger partial charge in [-0.15, -0.1) is 0 Å². The quantitative estimate of drug-likeness (QED) is 0.688. The van der Waals surface area contributed by atoms with E-state index >= 15 is 0 Å². The average Bonchev–Trinajstić information content (AvgIpc) is 2.67. The molecule has 0 heterocycles. The number of nitrogens with one attached hydrogen (secondary N) is 2. The molecule has 1 aliphatic rings. The van der Waals surface area contributed by atoms with Crippen molar-refractivity contribution < 1.29 is 4.79 Å².